The maximum absolute atomic E-state index is 12.9. The number of carbonyl (C=O) groups is 1. The largest absolute Gasteiger partial charge is 0.369 e. The Morgan fingerprint density at radius 1 is 1.38 bits per heavy atom. The molecule has 1 saturated carbocycles. The lowest BCUT2D eigenvalue weighted by Crippen LogP contribution is -2.44. The van der Waals surface area contributed by atoms with Crippen LogP contribution in [0.4, 0.5) is 0 Å². The Kier molecular flexibility index (Phi) is 4.91. The van der Waals surface area contributed by atoms with Gasteiger partial charge in [-0.25, -0.2) is 8.42 Å². The van der Waals surface area contributed by atoms with Gasteiger partial charge in [-0.2, -0.15) is 4.31 Å². The van der Waals surface area contributed by atoms with Gasteiger partial charge in [0.1, 0.15) is 0 Å². The molecule has 0 bridgehead atoms. The lowest BCUT2D eigenvalue weighted by atomic mass is 10.2. The summed E-state index contributed by atoms with van der Waals surface area (Å²) < 4.78 is 27.0. The van der Waals surface area contributed by atoms with Crippen molar-refractivity contribution in [2.75, 3.05) is 6.54 Å². The highest BCUT2D eigenvalue weighted by molar-refractivity contribution is 7.89. The summed E-state index contributed by atoms with van der Waals surface area (Å²) in [6, 6.07) is 4.59. The van der Waals surface area contributed by atoms with Crippen LogP contribution in [0, 0.1) is 6.92 Å². The first kappa shape index (κ1) is 16.3. The molecule has 5 nitrogen and oxygen atoms in total. The average Bonchev–Trinajstić information content (AvgIpc) is 2.92. The smallest absolute Gasteiger partial charge is 0.244 e. The van der Waals surface area contributed by atoms with Gasteiger partial charge in [-0.15, -0.1) is 0 Å². The molecule has 1 aliphatic carbocycles. The molecule has 1 fully saturated rings. The fraction of sp³-hybridized carbons (Fsp3) is 0.500. The molecule has 7 heteroatoms. The number of nitrogens with zero attached hydrogens (tertiary/aromatic N) is 1. The Morgan fingerprint density at radius 3 is 2.57 bits per heavy atom. The lowest BCUT2D eigenvalue weighted by Gasteiger charge is -2.27. The van der Waals surface area contributed by atoms with E-state index in [-0.39, 0.29) is 17.5 Å². The predicted molar refractivity (Wildman–Crippen MR) is 81.5 cm³/mol. The number of benzene rings is 1. The van der Waals surface area contributed by atoms with Gasteiger partial charge in [0.05, 0.1) is 11.4 Å². The first-order valence-corrected chi connectivity index (χ1v) is 8.71. The summed E-state index contributed by atoms with van der Waals surface area (Å²) in [7, 11) is -3.78. The molecular formula is C14H19ClN2O3S. The molecule has 2 rings (SSSR count). The van der Waals surface area contributed by atoms with Crippen molar-refractivity contribution in [1.29, 1.82) is 0 Å². The van der Waals surface area contributed by atoms with Gasteiger partial charge in [0, 0.05) is 11.1 Å². The van der Waals surface area contributed by atoms with Crippen LogP contribution in [-0.2, 0) is 14.8 Å². The van der Waals surface area contributed by atoms with E-state index in [0.29, 0.717) is 10.6 Å². The highest BCUT2D eigenvalue weighted by Gasteiger charge is 2.35. The summed E-state index contributed by atoms with van der Waals surface area (Å²) in [5.41, 5.74) is 5.72. The highest BCUT2D eigenvalue weighted by Crippen LogP contribution is 2.31. The van der Waals surface area contributed by atoms with Crippen molar-refractivity contribution in [2.24, 2.45) is 5.73 Å². The van der Waals surface area contributed by atoms with E-state index in [1.54, 1.807) is 19.1 Å². The molecule has 1 amide bonds. The van der Waals surface area contributed by atoms with Gasteiger partial charge in [0.2, 0.25) is 15.9 Å². The van der Waals surface area contributed by atoms with E-state index < -0.39 is 15.9 Å². The number of nitrogens with two attached hydrogens (primary N) is 1. The molecule has 1 aromatic rings. The number of halogens is 1. The molecule has 2 N–H and O–H groups in total. The molecule has 0 atom stereocenters. The minimum Gasteiger partial charge on any atom is -0.369 e. The standard InChI is InChI=1S/C14H19ClN2O3S/c1-10-12(15)7-4-8-13(10)21(19,20)17(9-14(16)18)11-5-2-3-6-11/h4,7-8,11H,2-3,5-6,9H2,1H3,(H2,16,18). The van der Waals surface area contributed by atoms with Gasteiger partial charge in [0.25, 0.3) is 0 Å². The first-order chi connectivity index (χ1) is 9.84. The number of hydrogen-bond donors (Lipinski definition) is 1. The second-order valence-corrected chi connectivity index (χ2v) is 7.58. The summed E-state index contributed by atoms with van der Waals surface area (Å²) in [6.45, 7) is 1.37. The summed E-state index contributed by atoms with van der Waals surface area (Å²) in [4.78, 5) is 11.4. The zero-order valence-electron chi connectivity index (χ0n) is 11.9. The van der Waals surface area contributed by atoms with E-state index in [0.717, 1.165) is 25.7 Å². The third-order valence-electron chi connectivity index (χ3n) is 3.85. The van der Waals surface area contributed by atoms with E-state index in [1.165, 1.54) is 10.4 Å². The molecule has 0 saturated heterocycles. The van der Waals surface area contributed by atoms with Gasteiger partial charge in [0.15, 0.2) is 0 Å². The molecule has 0 unspecified atom stereocenters. The number of sulfonamides is 1. The summed E-state index contributed by atoms with van der Waals surface area (Å²) in [5.74, 6) is -0.648. The van der Waals surface area contributed by atoms with Crippen LogP contribution < -0.4 is 5.73 Å². The minimum absolute atomic E-state index is 0.142. The molecule has 0 radical (unpaired) electrons. The molecule has 21 heavy (non-hydrogen) atoms. The topological polar surface area (TPSA) is 80.5 Å². The van der Waals surface area contributed by atoms with Crippen molar-refractivity contribution in [3.8, 4) is 0 Å². The molecule has 0 aromatic heterocycles. The molecule has 1 aliphatic rings. The Labute approximate surface area is 130 Å². The van der Waals surface area contributed by atoms with E-state index in [4.69, 9.17) is 17.3 Å². The zero-order valence-corrected chi connectivity index (χ0v) is 13.5. The number of rotatable bonds is 5. The van der Waals surface area contributed by atoms with E-state index in [2.05, 4.69) is 0 Å². The highest BCUT2D eigenvalue weighted by atomic mass is 35.5. The third kappa shape index (κ3) is 3.39. The van der Waals surface area contributed by atoms with Gasteiger partial charge < -0.3 is 5.73 Å². The van der Waals surface area contributed by atoms with Crippen LogP contribution in [0.15, 0.2) is 23.1 Å². The quantitative estimate of drug-likeness (QED) is 0.897. The van der Waals surface area contributed by atoms with Gasteiger partial charge in [-0.1, -0.05) is 30.5 Å². The number of hydrogen-bond acceptors (Lipinski definition) is 3. The average molecular weight is 331 g/mol. The van der Waals surface area contributed by atoms with Crippen LogP contribution >= 0.6 is 11.6 Å². The van der Waals surface area contributed by atoms with Crippen molar-refractivity contribution in [3.63, 3.8) is 0 Å². The molecule has 0 aliphatic heterocycles. The van der Waals surface area contributed by atoms with Crippen molar-refractivity contribution in [2.45, 2.75) is 43.5 Å². The monoisotopic (exact) mass is 330 g/mol. The molecule has 0 spiro atoms. The van der Waals surface area contributed by atoms with Gasteiger partial charge in [-0.05, 0) is 37.5 Å². The van der Waals surface area contributed by atoms with E-state index >= 15 is 0 Å². The Bertz CT molecular complexity index is 640. The number of carbonyl (C=O) groups excluding carboxylic acids is 1. The van der Waals surface area contributed by atoms with Crippen molar-refractivity contribution >= 4 is 27.5 Å². The second kappa shape index (κ2) is 6.34. The number of primary amides is 1. The summed E-state index contributed by atoms with van der Waals surface area (Å²) in [5, 5.41) is 0.390. The van der Waals surface area contributed by atoms with Crippen molar-refractivity contribution < 1.29 is 13.2 Å². The SMILES string of the molecule is Cc1c(Cl)cccc1S(=O)(=O)N(CC(N)=O)C1CCCC1. The normalized spacial score (nSPS) is 16.5. The zero-order chi connectivity index (χ0) is 15.6. The lowest BCUT2D eigenvalue weighted by molar-refractivity contribution is -0.118. The molecule has 116 valence electrons. The molecule has 1 aromatic carbocycles. The summed E-state index contributed by atoms with van der Waals surface area (Å²) >= 11 is 6.02. The summed E-state index contributed by atoms with van der Waals surface area (Å²) in [6.07, 6.45) is 3.44. The van der Waals surface area contributed by atoms with Crippen LogP contribution in [0.3, 0.4) is 0 Å². The van der Waals surface area contributed by atoms with Crippen LogP contribution in [-0.4, -0.2) is 31.2 Å². The first-order valence-electron chi connectivity index (χ1n) is 6.89. The van der Waals surface area contributed by atoms with Crippen LogP contribution in [0.2, 0.25) is 5.02 Å². The second-order valence-electron chi connectivity index (χ2n) is 5.32. The number of amides is 1. The van der Waals surface area contributed by atoms with E-state index in [9.17, 15) is 13.2 Å². The van der Waals surface area contributed by atoms with Gasteiger partial charge in [-0.3, -0.25) is 4.79 Å². The van der Waals surface area contributed by atoms with E-state index in [1.807, 2.05) is 0 Å². The Hall–Kier alpha value is -1.11. The Morgan fingerprint density at radius 2 is 2.00 bits per heavy atom. The predicted octanol–water partition coefficient (Wildman–Crippen LogP) is 2.07. The fourth-order valence-corrected chi connectivity index (χ4v) is 4.88. The Balaban J connectivity index is 2.45. The van der Waals surface area contributed by atoms with Gasteiger partial charge >= 0.3 is 0 Å². The maximum atomic E-state index is 12.9. The molecular weight excluding hydrogens is 312 g/mol. The fourth-order valence-electron chi connectivity index (χ4n) is 2.75. The minimum atomic E-state index is -3.78. The third-order valence-corrected chi connectivity index (χ3v) is 6.30. The van der Waals surface area contributed by atoms with Crippen LogP contribution in [0.25, 0.3) is 0 Å². The van der Waals surface area contributed by atoms with Crippen molar-refractivity contribution in [3.05, 3.63) is 28.8 Å². The maximum Gasteiger partial charge on any atom is 0.244 e. The van der Waals surface area contributed by atoms with Crippen LogP contribution in [0.1, 0.15) is 31.2 Å². The van der Waals surface area contributed by atoms with Crippen molar-refractivity contribution in [1.82, 2.24) is 4.31 Å². The molecule has 0 heterocycles. The van der Waals surface area contributed by atoms with Crippen LogP contribution in [0.5, 0.6) is 0 Å².